The fraction of sp³-hybridized carbons (Fsp3) is 0.429. The van der Waals surface area contributed by atoms with Crippen LogP contribution in [0, 0.1) is 13.8 Å². The molecule has 2 heterocycles. The number of furan rings is 1. The maximum atomic E-state index is 12.1. The first-order chi connectivity index (χ1) is 9.00. The van der Waals surface area contributed by atoms with Crippen molar-refractivity contribution in [3.63, 3.8) is 0 Å². The molecule has 0 saturated carbocycles. The van der Waals surface area contributed by atoms with Crippen LogP contribution in [-0.2, 0) is 6.54 Å². The van der Waals surface area contributed by atoms with Crippen LogP contribution in [0.15, 0.2) is 21.3 Å². The molecule has 0 aromatic carbocycles. The molecule has 0 saturated heterocycles. The number of amides is 1. The van der Waals surface area contributed by atoms with Crippen LogP contribution >= 0.6 is 0 Å². The molecule has 1 N–H and O–H groups in total. The molecular formula is C14H18N2O3. The summed E-state index contributed by atoms with van der Waals surface area (Å²) in [5, 5.41) is 6.68. The lowest BCUT2D eigenvalue weighted by atomic mass is 10.0. The first-order valence-corrected chi connectivity index (χ1v) is 6.28. The van der Waals surface area contributed by atoms with E-state index < -0.39 is 0 Å². The van der Waals surface area contributed by atoms with Gasteiger partial charge in [0.15, 0.2) is 5.76 Å². The third-order valence-electron chi connectivity index (χ3n) is 3.13. The van der Waals surface area contributed by atoms with Gasteiger partial charge in [0.05, 0.1) is 12.0 Å². The van der Waals surface area contributed by atoms with E-state index in [1.807, 2.05) is 33.8 Å². The number of rotatable bonds is 4. The van der Waals surface area contributed by atoms with Gasteiger partial charge in [0.25, 0.3) is 5.91 Å². The summed E-state index contributed by atoms with van der Waals surface area (Å²) in [7, 11) is 0. The average Bonchev–Trinajstić information content (AvgIpc) is 2.95. The zero-order chi connectivity index (χ0) is 14.0. The molecule has 0 radical (unpaired) electrons. The fourth-order valence-electron chi connectivity index (χ4n) is 1.96. The zero-order valence-corrected chi connectivity index (χ0v) is 11.6. The van der Waals surface area contributed by atoms with E-state index in [0.717, 1.165) is 22.6 Å². The summed E-state index contributed by atoms with van der Waals surface area (Å²) in [5.41, 5.74) is 2.61. The number of hydrogen-bond donors (Lipinski definition) is 1. The molecule has 0 aliphatic rings. The molecule has 0 fully saturated rings. The van der Waals surface area contributed by atoms with Crippen LogP contribution in [0.3, 0.4) is 0 Å². The zero-order valence-electron chi connectivity index (χ0n) is 11.6. The van der Waals surface area contributed by atoms with Crippen LogP contribution < -0.4 is 5.32 Å². The number of nitrogens with one attached hydrogen (secondary N) is 1. The normalized spacial score (nSPS) is 11.0. The standard InChI is InChI=1S/C14H18N2O3/c1-8(2)11-5-6-18-13(11)14(17)15-7-12-9(3)16-19-10(12)4/h5-6,8H,7H2,1-4H3,(H,15,17). The SMILES string of the molecule is Cc1noc(C)c1CNC(=O)c1occc1C(C)C. The number of carbonyl (C=O) groups excluding carboxylic acids is 1. The van der Waals surface area contributed by atoms with Crippen molar-refractivity contribution in [1.29, 1.82) is 0 Å². The minimum absolute atomic E-state index is 0.214. The fourth-order valence-corrected chi connectivity index (χ4v) is 1.96. The van der Waals surface area contributed by atoms with Gasteiger partial charge in [-0.3, -0.25) is 4.79 Å². The molecule has 2 aromatic heterocycles. The van der Waals surface area contributed by atoms with Crippen molar-refractivity contribution < 1.29 is 13.7 Å². The Bertz CT molecular complexity index is 562. The summed E-state index contributed by atoms with van der Waals surface area (Å²) in [6.07, 6.45) is 1.54. The van der Waals surface area contributed by atoms with Crippen LogP contribution in [0.1, 0.15) is 52.9 Å². The highest BCUT2D eigenvalue weighted by Gasteiger charge is 2.18. The summed E-state index contributed by atoms with van der Waals surface area (Å²) >= 11 is 0. The largest absolute Gasteiger partial charge is 0.459 e. The Morgan fingerprint density at radius 2 is 2.16 bits per heavy atom. The van der Waals surface area contributed by atoms with Crippen molar-refractivity contribution in [2.45, 2.75) is 40.2 Å². The van der Waals surface area contributed by atoms with E-state index in [-0.39, 0.29) is 11.8 Å². The van der Waals surface area contributed by atoms with Crippen molar-refractivity contribution in [3.8, 4) is 0 Å². The average molecular weight is 262 g/mol. The molecule has 102 valence electrons. The van der Waals surface area contributed by atoms with Gasteiger partial charge < -0.3 is 14.3 Å². The Hall–Kier alpha value is -2.04. The van der Waals surface area contributed by atoms with Gasteiger partial charge >= 0.3 is 0 Å². The van der Waals surface area contributed by atoms with E-state index in [1.54, 1.807) is 6.26 Å². The number of hydrogen-bond acceptors (Lipinski definition) is 4. The predicted octanol–water partition coefficient (Wildman–Crippen LogP) is 2.94. The topological polar surface area (TPSA) is 68.3 Å². The number of carbonyl (C=O) groups is 1. The molecule has 5 heteroatoms. The van der Waals surface area contributed by atoms with E-state index in [9.17, 15) is 4.79 Å². The molecule has 0 spiro atoms. The van der Waals surface area contributed by atoms with Crippen LogP contribution in [0.5, 0.6) is 0 Å². The maximum absolute atomic E-state index is 12.1. The van der Waals surface area contributed by atoms with Crippen LogP contribution in [-0.4, -0.2) is 11.1 Å². The predicted molar refractivity (Wildman–Crippen MR) is 69.9 cm³/mol. The molecule has 2 rings (SSSR count). The van der Waals surface area contributed by atoms with Crippen molar-refractivity contribution in [3.05, 3.63) is 40.7 Å². The quantitative estimate of drug-likeness (QED) is 0.919. The minimum Gasteiger partial charge on any atom is -0.459 e. The van der Waals surface area contributed by atoms with Crippen LogP contribution in [0.4, 0.5) is 0 Å². The van der Waals surface area contributed by atoms with Crippen molar-refractivity contribution >= 4 is 5.91 Å². The molecular weight excluding hydrogens is 244 g/mol. The van der Waals surface area contributed by atoms with Crippen LogP contribution in [0.2, 0.25) is 0 Å². The Balaban J connectivity index is 2.08. The van der Waals surface area contributed by atoms with E-state index >= 15 is 0 Å². The Morgan fingerprint density at radius 1 is 1.42 bits per heavy atom. The lowest BCUT2D eigenvalue weighted by Gasteiger charge is -2.06. The monoisotopic (exact) mass is 262 g/mol. The minimum atomic E-state index is -0.214. The third-order valence-corrected chi connectivity index (χ3v) is 3.13. The van der Waals surface area contributed by atoms with Crippen molar-refractivity contribution in [2.75, 3.05) is 0 Å². The summed E-state index contributed by atoms with van der Waals surface area (Å²) < 4.78 is 10.3. The van der Waals surface area contributed by atoms with Gasteiger partial charge in [-0.2, -0.15) is 0 Å². The van der Waals surface area contributed by atoms with Gasteiger partial charge in [0.1, 0.15) is 5.76 Å². The first-order valence-electron chi connectivity index (χ1n) is 6.28. The second-order valence-corrected chi connectivity index (χ2v) is 4.85. The highest BCUT2D eigenvalue weighted by Crippen LogP contribution is 2.20. The lowest BCUT2D eigenvalue weighted by Crippen LogP contribution is -2.24. The summed E-state index contributed by atoms with van der Waals surface area (Å²) in [6, 6.07) is 1.83. The number of nitrogens with zero attached hydrogens (tertiary/aromatic N) is 1. The van der Waals surface area contributed by atoms with Crippen LogP contribution in [0.25, 0.3) is 0 Å². The second kappa shape index (κ2) is 5.30. The van der Waals surface area contributed by atoms with Gasteiger partial charge in [-0.25, -0.2) is 0 Å². The van der Waals surface area contributed by atoms with E-state index in [4.69, 9.17) is 8.94 Å². The van der Waals surface area contributed by atoms with Gasteiger partial charge in [0.2, 0.25) is 0 Å². The Labute approximate surface area is 112 Å². The molecule has 0 unspecified atom stereocenters. The highest BCUT2D eigenvalue weighted by atomic mass is 16.5. The molecule has 0 aliphatic heterocycles. The number of aromatic nitrogens is 1. The van der Waals surface area contributed by atoms with Crippen molar-refractivity contribution in [2.24, 2.45) is 0 Å². The molecule has 0 aliphatic carbocycles. The molecule has 5 nitrogen and oxygen atoms in total. The van der Waals surface area contributed by atoms with E-state index in [0.29, 0.717) is 12.3 Å². The Kier molecular flexibility index (Phi) is 3.74. The third kappa shape index (κ3) is 2.70. The van der Waals surface area contributed by atoms with Gasteiger partial charge in [-0.1, -0.05) is 19.0 Å². The van der Waals surface area contributed by atoms with E-state index in [1.165, 1.54) is 0 Å². The molecule has 0 bridgehead atoms. The van der Waals surface area contributed by atoms with E-state index in [2.05, 4.69) is 10.5 Å². The summed E-state index contributed by atoms with van der Waals surface area (Å²) in [6.45, 7) is 8.11. The molecule has 1 amide bonds. The Morgan fingerprint density at radius 3 is 2.74 bits per heavy atom. The highest BCUT2D eigenvalue weighted by molar-refractivity contribution is 5.93. The second-order valence-electron chi connectivity index (χ2n) is 4.85. The number of aryl methyl sites for hydroxylation is 2. The molecule has 19 heavy (non-hydrogen) atoms. The first kappa shape index (κ1) is 13.4. The van der Waals surface area contributed by atoms with Gasteiger partial charge in [-0.15, -0.1) is 0 Å². The lowest BCUT2D eigenvalue weighted by molar-refractivity contribution is 0.0921. The summed E-state index contributed by atoms with van der Waals surface area (Å²) in [4.78, 5) is 12.1. The smallest absolute Gasteiger partial charge is 0.287 e. The molecule has 2 aromatic rings. The van der Waals surface area contributed by atoms with Gasteiger partial charge in [0, 0.05) is 17.7 Å². The molecule has 0 atom stereocenters. The maximum Gasteiger partial charge on any atom is 0.287 e. The summed E-state index contributed by atoms with van der Waals surface area (Å²) in [5.74, 6) is 1.13. The van der Waals surface area contributed by atoms with Crippen molar-refractivity contribution in [1.82, 2.24) is 10.5 Å². The van der Waals surface area contributed by atoms with Gasteiger partial charge in [-0.05, 0) is 25.8 Å².